The first-order valence-electron chi connectivity index (χ1n) is 14.2. The molecule has 3 amide bonds. The van der Waals surface area contributed by atoms with E-state index in [0.29, 0.717) is 45.5 Å². The van der Waals surface area contributed by atoms with Crippen LogP contribution in [0.4, 0.5) is 15.8 Å². The number of carbonyl (C=O) groups is 4. The second-order valence-electron chi connectivity index (χ2n) is 10.5. The maximum atomic E-state index is 14.3. The number of amides is 3. The van der Waals surface area contributed by atoms with E-state index in [2.05, 4.69) is 5.32 Å². The Kier molecular flexibility index (Phi) is 8.25. The number of nitrogens with zero attached hydrogens (tertiary/aromatic N) is 2. The van der Waals surface area contributed by atoms with Gasteiger partial charge in [-0.25, -0.2) is 4.39 Å². The van der Waals surface area contributed by atoms with Crippen molar-refractivity contribution in [3.63, 3.8) is 0 Å². The fourth-order valence-corrected chi connectivity index (χ4v) is 5.42. The molecule has 0 fully saturated rings. The molecule has 0 saturated heterocycles. The van der Waals surface area contributed by atoms with Gasteiger partial charge in [0, 0.05) is 18.3 Å². The Morgan fingerprint density at radius 2 is 1.65 bits per heavy atom. The van der Waals surface area contributed by atoms with E-state index in [1.165, 1.54) is 49.5 Å². The predicted octanol–water partition coefficient (Wildman–Crippen LogP) is 4.51. The first kappa shape index (κ1) is 30.1. The third-order valence-corrected chi connectivity index (χ3v) is 7.68. The second-order valence-corrected chi connectivity index (χ2v) is 10.5. The van der Waals surface area contributed by atoms with E-state index in [1.807, 2.05) is 0 Å². The number of benzene rings is 4. The lowest BCUT2D eigenvalue weighted by Gasteiger charge is -2.33. The number of methoxy groups -OCH3 is 2. The number of para-hydroxylation sites is 1. The Morgan fingerprint density at radius 3 is 2.41 bits per heavy atom. The highest BCUT2D eigenvalue weighted by atomic mass is 19.1. The van der Waals surface area contributed by atoms with Gasteiger partial charge in [-0.15, -0.1) is 0 Å². The van der Waals surface area contributed by atoms with Gasteiger partial charge in [-0.3, -0.25) is 24.1 Å². The number of carbonyl (C=O) groups excluding carboxylic acids is 4. The van der Waals surface area contributed by atoms with E-state index in [1.54, 1.807) is 54.6 Å². The van der Waals surface area contributed by atoms with Gasteiger partial charge in [0.1, 0.15) is 18.4 Å². The normalized spacial score (nSPS) is 13.7. The zero-order chi connectivity index (χ0) is 32.4. The summed E-state index contributed by atoms with van der Waals surface area (Å²) < 4.78 is 35.6. The number of ketones is 1. The molecule has 0 spiro atoms. The molecule has 2 aliphatic rings. The Labute approximate surface area is 263 Å². The van der Waals surface area contributed by atoms with Crippen molar-refractivity contribution in [2.24, 2.45) is 0 Å². The molecule has 6 rings (SSSR count). The highest BCUT2D eigenvalue weighted by molar-refractivity contribution is 6.52. The number of fused-ring (bicyclic) bond motifs is 2. The number of nitrogens with one attached hydrogen (secondary N) is 1. The van der Waals surface area contributed by atoms with Crippen molar-refractivity contribution in [3.8, 4) is 23.0 Å². The van der Waals surface area contributed by atoms with E-state index >= 15 is 0 Å². The Hall–Kier alpha value is -5.91. The summed E-state index contributed by atoms with van der Waals surface area (Å²) in [6.45, 7) is -0.643. The highest BCUT2D eigenvalue weighted by Crippen LogP contribution is 2.37. The van der Waals surface area contributed by atoms with Crippen LogP contribution in [0.2, 0.25) is 0 Å². The van der Waals surface area contributed by atoms with E-state index in [0.717, 1.165) is 4.90 Å². The fourth-order valence-electron chi connectivity index (χ4n) is 5.42. The molecule has 1 atom stereocenters. The van der Waals surface area contributed by atoms with Crippen molar-refractivity contribution >= 4 is 34.9 Å². The van der Waals surface area contributed by atoms with Crippen LogP contribution in [0.5, 0.6) is 23.0 Å². The predicted molar refractivity (Wildman–Crippen MR) is 164 cm³/mol. The van der Waals surface area contributed by atoms with E-state index in [-0.39, 0.29) is 18.9 Å². The van der Waals surface area contributed by atoms with Crippen LogP contribution < -0.4 is 29.2 Å². The zero-order valence-corrected chi connectivity index (χ0v) is 24.8. The lowest BCUT2D eigenvalue weighted by Crippen LogP contribution is -2.46. The number of rotatable bonds is 10. The molecule has 234 valence electrons. The molecule has 46 heavy (non-hydrogen) atoms. The van der Waals surface area contributed by atoms with Crippen molar-refractivity contribution in [3.05, 3.63) is 107 Å². The molecule has 0 radical (unpaired) electrons. The van der Waals surface area contributed by atoms with E-state index in [4.69, 9.17) is 18.9 Å². The van der Waals surface area contributed by atoms with E-state index < -0.39 is 41.9 Å². The number of Topliss-reactive ketones (excluding diaryl/α,β-unsaturated/α-hetero) is 1. The van der Waals surface area contributed by atoms with Gasteiger partial charge >= 0.3 is 0 Å². The monoisotopic (exact) mass is 625 g/mol. The number of halogens is 1. The number of hydrogen-bond donors (Lipinski definition) is 1. The maximum absolute atomic E-state index is 14.3. The number of hydrogen-bond acceptors (Lipinski definition) is 8. The number of anilines is 2. The van der Waals surface area contributed by atoms with Crippen LogP contribution in [0.3, 0.4) is 0 Å². The molecule has 1 N–H and O–H groups in total. The highest BCUT2D eigenvalue weighted by Gasteiger charge is 2.39. The molecular weight excluding hydrogens is 597 g/mol. The van der Waals surface area contributed by atoms with Crippen LogP contribution in [-0.2, 0) is 20.9 Å². The van der Waals surface area contributed by atoms with Gasteiger partial charge in [0.05, 0.1) is 25.5 Å². The zero-order valence-electron chi connectivity index (χ0n) is 24.8. The topological polar surface area (TPSA) is 124 Å². The standard InChI is InChI=1S/C34H28FN3O8/c1-43-26-13-9-21(15-28(26)44-2)31(33(41)36-23-12-14-27-29(16-23)46-19-45-27)38(17-20-7-10-22(35)11-8-20)30(39)18-37-25-6-4-3-5-24(25)32(40)34(37)42/h3-16,31H,17-19H2,1-2H3,(H,36,41)/t31-/m1/s1. The minimum absolute atomic E-state index is 0.0435. The van der Waals surface area contributed by atoms with Gasteiger partial charge < -0.3 is 29.2 Å². The van der Waals surface area contributed by atoms with Crippen molar-refractivity contribution in [1.29, 1.82) is 0 Å². The summed E-state index contributed by atoms with van der Waals surface area (Å²) in [5.74, 6) is -1.65. The van der Waals surface area contributed by atoms with Gasteiger partial charge in [-0.2, -0.15) is 0 Å². The smallest absolute Gasteiger partial charge is 0.299 e. The summed E-state index contributed by atoms with van der Waals surface area (Å²) in [6, 6.07) is 20.3. The first-order valence-corrected chi connectivity index (χ1v) is 14.2. The van der Waals surface area contributed by atoms with Crippen LogP contribution in [0.15, 0.2) is 84.9 Å². The molecule has 4 aromatic rings. The fraction of sp³-hybridized carbons (Fsp3) is 0.176. The molecule has 2 aliphatic heterocycles. The summed E-state index contributed by atoms with van der Waals surface area (Å²) in [4.78, 5) is 56.7. The van der Waals surface area contributed by atoms with Crippen LogP contribution in [0.25, 0.3) is 0 Å². The van der Waals surface area contributed by atoms with Gasteiger partial charge in [0.15, 0.2) is 23.0 Å². The average Bonchev–Trinajstić information content (AvgIpc) is 3.63. The van der Waals surface area contributed by atoms with Crippen molar-refractivity contribution in [2.75, 3.05) is 37.8 Å². The van der Waals surface area contributed by atoms with E-state index in [9.17, 15) is 23.6 Å². The molecule has 0 aromatic heterocycles. The van der Waals surface area contributed by atoms with Gasteiger partial charge in [-0.1, -0.05) is 30.3 Å². The average molecular weight is 626 g/mol. The third kappa shape index (κ3) is 5.80. The molecule has 11 nitrogen and oxygen atoms in total. The van der Waals surface area contributed by atoms with Crippen molar-refractivity contribution in [2.45, 2.75) is 12.6 Å². The van der Waals surface area contributed by atoms with Gasteiger partial charge in [0.25, 0.3) is 17.6 Å². The first-order chi connectivity index (χ1) is 22.3. The molecule has 2 heterocycles. The Balaban J connectivity index is 1.42. The summed E-state index contributed by atoms with van der Waals surface area (Å²) in [7, 11) is 2.91. The Morgan fingerprint density at radius 1 is 0.913 bits per heavy atom. The molecular formula is C34H28FN3O8. The quantitative estimate of drug-likeness (QED) is 0.256. The molecule has 0 saturated carbocycles. The van der Waals surface area contributed by atoms with Gasteiger partial charge in [0.2, 0.25) is 12.7 Å². The maximum Gasteiger partial charge on any atom is 0.299 e. The summed E-state index contributed by atoms with van der Waals surface area (Å²) in [5, 5.41) is 2.86. The van der Waals surface area contributed by atoms with Crippen LogP contribution in [-0.4, -0.2) is 56.0 Å². The van der Waals surface area contributed by atoms with Crippen LogP contribution >= 0.6 is 0 Å². The number of ether oxygens (including phenoxy) is 4. The molecule has 4 aromatic carbocycles. The third-order valence-electron chi connectivity index (χ3n) is 7.68. The van der Waals surface area contributed by atoms with Crippen molar-refractivity contribution in [1.82, 2.24) is 4.90 Å². The SMILES string of the molecule is COc1ccc([C@H](C(=O)Nc2ccc3c(c2)OCO3)N(Cc2ccc(F)cc2)C(=O)CN2C(=O)C(=O)c3ccccc32)cc1OC. The van der Waals surface area contributed by atoms with Crippen LogP contribution in [0, 0.1) is 5.82 Å². The molecule has 0 aliphatic carbocycles. The molecule has 12 heteroatoms. The summed E-state index contributed by atoms with van der Waals surface area (Å²) in [5.41, 5.74) is 1.72. The Bertz CT molecular complexity index is 1840. The molecule has 0 bridgehead atoms. The molecule has 0 unspecified atom stereocenters. The minimum atomic E-state index is -1.30. The summed E-state index contributed by atoms with van der Waals surface area (Å²) in [6.07, 6.45) is 0. The largest absolute Gasteiger partial charge is 0.493 e. The lowest BCUT2D eigenvalue weighted by atomic mass is 10.0. The minimum Gasteiger partial charge on any atom is -0.493 e. The van der Waals surface area contributed by atoms with Gasteiger partial charge in [-0.05, 0) is 59.7 Å². The van der Waals surface area contributed by atoms with Crippen molar-refractivity contribution < 1.29 is 42.5 Å². The summed E-state index contributed by atoms with van der Waals surface area (Å²) >= 11 is 0. The van der Waals surface area contributed by atoms with Crippen LogP contribution in [0.1, 0.15) is 27.5 Å². The second kappa shape index (κ2) is 12.6. The lowest BCUT2D eigenvalue weighted by molar-refractivity contribution is -0.139.